The minimum atomic E-state index is 0.689. The second kappa shape index (κ2) is 5.57. The lowest BCUT2D eigenvalue weighted by atomic mass is 10.2. The van der Waals surface area contributed by atoms with Crippen LogP contribution < -0.4 is 0 Å². The molecule has 0 aliphatic rings. The highest BCUT2D eigenvalue weighted by atomic mass is 33.1. The lowest BCUT2D eigenvalue weighted by Crippen LogP contribution is -1.73. The molecule has 0 saturated heterocycles. The Bertz CT molecular complexity index is 66.9. The van der Waals surface area contributed by atoms with Gasteiger partial charge in [-0.25, -0.2) is 0 Å². The molecule has 2 heteroatoms. The zero-order chi connectivity index (χ0) is 6.41. The van der Waals surface area contributed by atoms with Crippen molar-refractivity contribution >= 4 is 21.6 Å². The summed E-state index contributed by atoms with van der Waals surface area (Å²) in [6, 6.07) is 0. The minimum Gasteiger partial charge on any atom is -0.0930 e. The Morgan fingerprint density at radius 2 is 2.00 bits per heavy atom. The number of rotatable bonds is 3. The molecule has 0 saturated carbocycles. The molecule has 48 valence electrons. The van der Waals surface area contributed by atoms with E-state index >= 15 is 0 Å². The van der Waals surface area contributed by atoms with Crippen molar-refractivity contribution in [2.75, 3.05) is 6.26 Å². The maximum Gasteiger partial charge on any atom is -0.00759 e. The van der Waals surface area contributed by atoms with Gasteiger partial charge in [-0.05, 0) is 17.6 Å². The van der Waals surface area contributed by atoms with Crippen LogP contribution in [-0.2, 0) is 0 Å². The van der Waals surface area contributed by atoms with Gasteiger partial charge in [-0.1, -0.05) is 41.5 Å². The summed E-state index contributed by atoms with van der Waals surface area (Å²) >= 11 is 0. The van der Waals surface area contributed by atoms with E-state index < -0.39 is 0 Å². The van der Waals surface area contributed by atoms with Crippen LogP contribution in [0.5, 0.6) is 0 Å². The Labute approximate surface area is 59.5 Å². The Balaban J connectivity index is 3.07. The molecule has 8 heavy (non-hydrogen) atoms. The molecule has 0 fully saturated rings. The third-order valence-electron chi connectivity index (χ3n) is 0.615. The van der Waals surface area contributed by atoms with Gasteiger partial charge in [0.15, 0.2) is 0 Å². The first kappa shape index (κ1) is 8.44. The Kier molecular flexibility index (Phi) is 5.88. The van der Waals surface area contributed by atoms with Crippen molar-refractivity contribution in [1.29, 1.82) is 0 Å². The van der Waals surface area contributed by atoms with Crippen LogP contribution in [0.25, 0.3) is 0 Å². The van der Waals surface area contributed by atoms with Crippen LogP contribution in [0.1, 0.15) is 13.8 Å². The molecule has 0 aromatic rings. The van der Waals surface area contributed by atoms with E-state index in [1.54, 1.807) is 21.6 Å². The van der Waals surface area contributed by atoms with Gasteiger partial charge in [0.05, 0.1) is 0 Å². The highest BCUT2D eigenvalue weighted by Gasteiger charge is 1.80. The summed E-state index contributed by atoms with van der Waals surface area (Å²) in [5.41, 5.74) is 0. The van der Waals surface area contributed by atoms with E-state index in [1.807, 2.05) is 0 Å². The van der Waals surface area contributed by atoms with Crippen LogP contribution in [0, 0.1) is 5.92 Å². The second-order valence-corrected chi connectivity index (χ2v) is 4.21. The molecule has 0 aliphatic carbocycles. The van der Waals surface area contributed by atoms with Gasteiger partial charge in [-0.15, -0.1) is 0 Å². The van der Waals surface area contributed by atoms with E-state index in [0.29, 0.717) is 5.92 Å². The molecular formula is C6H12S2. The molecule has 0 spiro atoms. The average molecular weight is 148 g/mol. The van der Waals surface area contributed by atoms with Gasteiger partial charge in [-0.3, -0.25) is 0 Å². The summed E-state index contributed by atoms with van der Waals surface area (Å²) in [5, 5.41) is 2.13. The molecule has 0 bridgehead atoms. The predicted octanol–water partition coefficient (Wildman–Crippen LogP) is 3.17. The van der Waals surface area contributed by atoms with Gasteiger partial charge in [0.25, 0.3) is 0 Å². The fourth-order valence-corrected chi connectivity index (χ4v) is 1.26. The number of hydrogen-bond donors (Lipinski definition) is 0. The zero-order valence-corrected chi connectivity index (χ0v) is 7.18. The average Bonchev–Trinajstić information content (AvgIpc) is 1.66. The summed E-state index contributed by atoms with van der Waals surface area (Å²) in [4.78, 5) is 0. The van der Waals surface area contributed by atoms with Gasteiger partial charge >= 0.3 is 0 Å². The molecule has 0 nitrogen and oxygen atoms in total. The van der Waals surface area contributed by atoms with Gasteiger partial charge in [-0.2, -0.15) is 0 Å². The highest BCUT2D eigenvalue weighted by molar-refractivity contribution is 8.77. The third kappa shape index (κ3) is 6.44. The second-order valence-electron chi connectivity index (χ2n) is 1.84. The van der Waals surface area contributed by atoms with E-state index in [9.17, 15) is 0 Å². The Morgan fingerprint density at radius 1 is 1.38 bits per heavy atom. The maximum absolute atomic E-state index is 2.20. The first-order valence-corrected chi connectivity index (χ1v) is 5.25. The monoisotopic (exact) mass is 148 g/mol. The van der Waals surface area contributed by atoms with Crippen LogP contribution in [0.2, 0.25) is 0 Å². The first-order valence-electron chi connectivity index (χ1n) is 2.63. The van der Waals surface area contributed by atoms with E-state index in [2.05, 4.69) is 31.6 Å². The van der Waals surface area contributed by atoms with Crippen LogP contribution in [0.3, 0.4) is 0 Å². The zero-order valence-electron chi connectivity index (χ0n) is 5.55. The van der Waals surface area contributed by atoms with Crippen LogP contribution in [0.15, 0.2) is 11.5 Å². The fraction of sp³-hybridized carbons (Fsp3) is 0.667. The van der Waals surface area contributed by atoms with Crippen molar-refractivity contribution in [2.45, 2.75) is 13.8 Å². The highest BCUT2D eigenvalue weighted by Crippen LogP contribution is 2.18. The van der Waals surface area contributed by atoms with Crippen LogP contribution in [-0.4, -0.2) is 6.26 Å². The Morgan fingerprint density at radius 3 is 2.38 bits per heavy atom. The summed E-state index contributed by atoms with van der Waals surface area (Å²) in [6.07, 6.45) is 4.27. The molecule has 0 aliphatic heterocycles. The van der Waals surface area contributed by atoms with Crippen molar-refractivity contribution in [2.24, 2.45) is 5.92 Å². The summed E-state index contributed by atoms with van der Waals surface area (Å²) < 4.78 is 0. The summed E-state index contributed by atoms with van der Waals surface area (Å²) in [7, 11) is 3.55. The van der Waals surface area contributed by atoms with Crippen molar-refractivity contribution in [1.82, 2.24) is 0 Å². The standard InChI is InChI=1S/C6H12S2/c1-6(2)4-5-8-7-3/h4-6H,1-3H3/b5-4-. The molecule has 0 atom stereocenters. The molecular weight excluding hydrogens is 136 g/mol. The quantitative estimate of drug-likeness (QED) is 0.564. The molecule has 0 amide bonds. The first-order chi connectivity index (χ1) is 3.77. The van der Waals surface area contributed by atoms with E-state index in [0.717, 1.165) is 0 Å². The SMILES string of the molecule is CSS/C=C\C(C)C. The topological polar surface area (TPSA) is 0 Å². The number of hydrogen-bond acceptors (Lipinski definition) is 2. The van der Waals surface area contributed by atoms with Gasteiger partial charge in [0, 0.05) is 0 Å². The molecule has 0 aromatic heterocycles. The fourth-order valence-electron chi connectivity index (χ4n) is 0.245. The molecule has 0 heterocycles. The van der Waals surface area contributed by atoms with E-state index in [1.165, 1.54) is 0 Å². The third-order valence-corrected chi connectivity index (χ3v) is 1.99. The van der Waals surface area contributed by atoms with E-state index in [-0.39, 0.29) is 0 Å². The summed E-state index contributed by atoms with van der Waals surface area (Å²) in [5.74, 6) is 0.689. The largest absolute Gasteiger partial charge is 0.0930 e. The molecule has 0 unspecified atom stereocenters. The van der Waals surface area contributed by atoms with E-state index in [4.69, 9.17) is 0 Å². The van der Waals surface area contributed by atoms with Crippen molar-refractivity contribution in [3.05, 3.63) is 11.5 Å². The Hall–Kier alpha value is 0.440. The number of allylic oxidation sites excluding steroid dienone is 1. The van der Waals surface area contributed by atoms with Crippen LogP contribution >= 0.6 is 21.6 Å². The minimum absolute atomic E-state index is 0.689. The van der Waals surface area contributed by atoms with Crippen LogP contribution in [0.4, 0.5) is 0 Å². The molecule has 0 aromatic carbocycles. The molecule has 0 N–H and O–H groups in total. The van der Waals surface area contributed by atoms with Crippen molar-refractivity contribution < 1.29 is 0 Å². The predicted molar refractivity (Wildman–Crippen MR) is 45.1 cm³/mol. The van der Waals surface area contributed by atoms with Crippen molar-refractivity contribution in [3.63, 3.8) is 0 Å². The van der Waals surface area contributed by atoms with Crippen molar-refractivity contribution in [3.8, 4) is 0 Å². The smallest absolute Gasteiger partial charge is 0.00759 e. The lowest BCUT2D eigenvalue weighted by Gasteiger charge is -1.90. The van der Waals surface area contributed by atoms with Gasteiger partial charge < -0.3 is 0 Å². The van der Waals surface area contributed by atoms with Gasteiger partial charge in [0.2, 0.25) is 0 Å². The summed E-state index contributed by atoms with van der Waals surface area (Å²) in [6.45, 7) is 4.36. The maximum atomic E-state index is 2.20. The lowest BCUT2D eigenvalue weighted by molar-refractivity contribution is 0.834. The molecule has 0 rings (SSSR count). The molecule has 0 radical (unpaired) electrons. The normalized spacial score (nSPS) is 11.5. The van der Waals surface area contributed by atoms with Gasteiger partial charge in [0.1, 0.15) is 0 Å².